The largest absolute Gasteiger partial charge is 0.327 e. The van der Waals surface area contributed by atoms with Crippen molar-refractivity contribution in [3.8, 4) is 0 Å². The van der Waals surface area contributed by atoms with Gasteiger partial charge in [-0.3, -0.25) is 0 Å². The fraction of sp³-hybridized carbons (Fsp3) is 0.273. The summed E-state index contributed by atoms with van der Waals surface area (Å²) in [6.45, 7) is 0. The van der Waals surface area contributed by atoms with Crippen LogP contribution in [0.2, 0.25) is 5.02 Å². The van der Waals surface area contributed by atoms with Crippen LogP contribution in [0.3, 0.4) is 0 Å². The number of benzene rings is 1. The van der Waals surface area contributed by atoms with Crippen LogP contribution in [-0.4, -0.2) is 6.04 Å². The first-order valence-corrected chi connectivity index (χ1v) is 4.93. The van der Waals surface area contributed by atoms with Gasteiger partial charge < -0.3 is 5.73 Å². The minimum atomic E-state index is -0.273. The topological polar surface area (TPSA) is 26.0 Å². The molecule has 0 saturated heterocycles. The van der Waals surface area contributed by atoms with E-state index in [0.717, 1.165) is 12.8 Å². The minimum absolute atomic E-state index is 0.242. The van der Waals surface area contributed by atoms with Gasteiger partial charge in [-0.05, 0) is 25.0 Å². The van der Waals surface area contributed by atoms with Gasteiger partial charge in [0.25, 0.3) is 0 Å². The zero-order valence-electron chi connectivity index (χ0n) is 7.63. The molecule has 0 unspecified atom stereocenters. The standard InChI is InChI=1S/C11H11ClFN/c12-10-2-1-3-11(13)9(10)6-7-4-8(14)5-7/h1-3,6,8H,4-5,14H2. The Kier molecular flexibility index (Phi) is 2.57. The lowest BCUT2D eigenvalue weighted by atomic mass is 9.86. The van der Waals surface area contributed by atoms with E-state index in [1.807, 2.05) is 0 Å². The normalized spacial score (nSPS) is 20.5. The highest BCUT2D eigenvalue weighted by atomic mass is 35.5. The van der Waals surface area contributed by atoms with Crippen LogP contribution in [0.15, 0.2) is 23.8 Å². The average Bonchev–Trinajstić information content (AvgIpc) is 2.08. The third-order valence-electron chi connectivity index (χ3n) is 2.40. The first-order valence-electron chi connectivity index (χ1n) is 4.56. The number of halogens is 2. The van der Waals surface area contributed by atoms with E-state index in [0.29, 0.717) is 10.6 Å². The van der Waals surface area contributed by atoms with Crippen LogP contribution in [0, 0.1) is 5.82 Å². The molecule has 0 amide bonds. The molecule has 1 aromatic rings. The lowest BCUT2D eigenvalue weighted by Crippen LogP contribution is -2.29. The van der Waals surface area contributed by atoms with E-state index in [4.69, 9.17) is 17.3 Å². The second-order valence-electron chi connectivity index (χ2n) is 3.61. The summed E-state index contributed by atoms with van der Waals surface area (Å²) < 4.78 is 13.3. The summed E-state index contributed by atoms with van der Waals surface area (Å²) in [6, 6.07) is 4.95. The molecule has 0 bridgehead atoms. The molecule has 74 valence electrons. The molecular formula is C11H11ClFN. The molecule has 2 N–H and O–H groups in total. The van der Waals surface area contributed by atoms with E-state index in [9.17, 15) is 4.39 Å². The molecule has 0 aromatic heterocycles. The van der Waals surface area contributed by atoms with E-state index >= 15 is 0 Å². The molecule has 0 aliphatic heterocycles. The van der Waals surface area contributed by atoms with Crippen molar-refractivity contribution in [3.05, 3.63) is 40.2 Å². The molecule has 0 atom stereocenters. The van der Waals surface area contributed by atoms with Crippen molar-refractivity contribution in [1.82, 2.24) is 0 Å². The molecule has 3 heteroatoms. The van der Waals surface area contributed by atoms with Gasteiger partial charge in [0, 0.05) is 11.6 Å². The van der Waals surface area contributed by atoms with Gasteiger partial charge in [0.2, 0.25) is 0 Å². The van der Waals surface area contributed by atoms with Gasteiger partial charge in [-0.25, -0.2) is 4.39 Å². The zero-order valence-corrected chi connectivity index (χ0v) is 8.39. The van der Waals surface area contributed by atoms with Crippen molar-refractivity contribution in [2.45, 2.75) is 18.9 Å². The first kappa shape index (κ1) is 9.69. The van der Waals surface area contributed by atoms with Crippen LogP contribution in [0.4, 0.5) is 4.39 Å². The smallest absolute Gasteiger partial charge is 0.131 e. The first-order chi connectivity index (χ1) is 6.66. The van der Waals surface area contributed by atoms with Crippen LogP contribution in [0.1, 0.15) is 18.4 Å². The molecule has 2 rings (SSSR count). The number of nitrogens with two attached hydrogens (primary N) is 1. The quantitative estimate of drug-likeness (QED) is 0.760. The maximum Gasteiger partial charge on any atom is 0.131 e. The summed E-state index contributed by atoms with van der Waals surface area (Å²) in [5, 5.41) is 0.456. The second-order valence-corrected chi connectivity index (χ2v) is 4.01. The SMILES string of the molecule is NC1CC(=Cc2c(F)cccc2Cl)C1. The van der Waals surface area contributed by atoms with E-state index in [1.54, 1.807) is 18.2 Å². The van der Waals surface area contributed by atoms with Gasteiger partial charge in [0.1, 0.15) is 5.82 Å². The molecule has 14 heavy (non-hydrogen) atoms. The summed E-state index contributed by atoms with van der Waals surface area (Å²) in [5.74, 6) is -0.273. The summed E-state index contributed by atoms with van der Waals surface area (Å²) in [7, 11) is 0. The monoisotopic (exact) mass is 211 g/mol. The van der Waals surface area contributed by atoms with Crippen LogP contribution in [0.5, 0.6) is 0 Å². The van der Waals surface area contributed by atoms with Gasteiger partial charge in [-0.15, -0.1) is 0 Å². The Bertz CT molecular complexity index is 359. The summed E-state index contributed by atoms with van der Waals surface area (Å²) in [4.78, 5) is 0. The second kappa shape index (κ2) is 3.71. The van der Waals surface area contributed by atoms with Crippen molar-refractivity contribution < 1.29 is 4.39 Å². The van der Waals surface area contributed by atoms with Crippen LogP contribution >= 0.6 is 11.6 Å². The predicted molar refractivity (Wildman–Crippen MR) is 56.6 cm³/mol. The molecular weight excluding hydrogens is 201 g/mol. The van der Waals surface area contributed by atoms with Gasteiger partial charge >= 0.3 is 0 Å². The van der Waals surface area contributed by atoms with Gasteiger partial charge in [-0.1, -0.05) is 29.3 Å². The zero-order chi connectivity index (χ0) is 10.1. The van der Waals surface area contributed by atoms with Gasteiger partial charge in [0.15, 0.2) is 0 Å². The highest BCUT2D eigenvalue weighted by Gasteiger charge is 2.19. The van der Waals surface area contributed by atoms with E-state index in [1.165, 1.54) is 11.6 Å². The molecule has 1 aliphatic rings. The summed E-state index contributed by atoms with van der Waals surface area (Å²) in [5.41, 5.74) is 7.28. The molecule has 1 aliphatic carbocycles. The van der Waals surface area contributed by atoms with E-state index in [2.05, 4.69) is 0 Å². The Morgan fingerprint density at radius 2 is 2.14 bits per heavy atom. The third kappa shape index (κ3) is 1.81. The number of hydrogen-bond donors (Lipinski definition) is 1. The maximum atomic E-state index is 13.3. The lowest BCUT2D eigenvalue weighted by molar-refractivity contribution is 0.546. The molecule has 0 radical (unpaired) electrons. The minimum Gasteiger partial charge on any atom is -0.327 e. The molecule has 1 saturated carbocycles. The lowest BCUT2D eigenvalue weighted by Gasteiger charge is -2.25. The Hall–Kier alpha value is -0.860. The molecule has 0 heterocycles. The Morgan fingerprint density at radius 1 is 1.43 bits per heavy atom. The van der Waals surface area contributed by atoms with Crippen molar-refractivity contribution in [2.24, 2.45) is 5.73 Å². The Labute approximate surface area is 87.4 Å². The maximum absolute atomic E-state index is 13.3. The van der Waals surface area contributed by atoms with Crippen LogP contribution in [0.25, 0.3) is 6.08 Å². The van der Waals surface area contributed by atoms with Crippen molar-refractivity contribution >= 4 is 17.7 Å². The average molecular weight is 212 g/mol. The fourth-order valence-electron chi connectivity index (χ4n) is 1.58. The predicted octanol–water partition coefficient (Wildman–Crippen LogP) is 2.98. The molecule has 1 fully saturated rings. The van der Waals surface area contributed by atoms with Crippen molar-refractivity contribution in [1.29, 1.82) is 0 Å². The van der Waals surface area contributed by atoms with Crippen LogP contribution in [-0.2, 0) is 0 Å². The summed E-state index contributed by atoms with van der Waals surface area (Å²) in [6.07, 6.45) is 3.51. The van der Waals surface area contributed by atoms with E-state index in [-0.39, 0.29) is 11.9 Å². The number of hydrogen-bond acceptors (Lipinski definition) is 1. The Morgan fingerprint density at radius 3 is 2.71 bits per heavy atom. The fourth-order valence-corrected chi connectivity index (χ4v) is 1.80. The van der Waals surface area contributed by atoms with Crippen LogP contribution < -0.4 is 5.73 Å². The molecule has 0 spiro atoms. The summed E-state index contributed by atoms with van der Waals surface area (Å²) >= 11 is 5.88. The van der Waals surface area contributed by atoms with Gasteiger partial charge in [0.05, 0.1) is 5.02 Å². The van der Waals surface area contributed by atoms with Crippen molar-refractivity contribution in [3.63, 3.8) is 0 Å². The van der Waals surface area contributed by atoms with Crippen molar-refractivity contribution in [2.75, 3.05) is 0 Å². The van der Waals surface area contributed by atoms with E-state index < -0.39 is 0 Å². The Balaban J connectivity index is 2.29. The molecule has 1 nitrogen and oxygen atoms in total. The van der Waals surface area contributed by atoms with Gasteiger partial charge in [-0.2, -0.15) is 0 Å². The number of rotatable bonds is 1. The highest BCUT2D eigenvalue weighted by molar-refractivity contribution is 6.32. The third-order valence-corrected chi connectivity index (χ3v) is 2.73. The highest BCUT2D eigenvalue weighted by Crippen LogP contribution is 2.30. The molecule has 1 aromatic carbocycles.